The molecule has 20 heavy (non-hydrogen) atoms. The molecule has 0 fully saturated rings. The Bertz CT molecular complexity index is 644. The van der Waals surface area contributed by atoms with E-state index in [1.54, 1.807) is 0 Å². The summed E-state index contributed by atoms with van der Waals surface area (Å²) in [6.07, 6.45) is 8.89. The molecule has 1 aromatic heterocycles. The molecule has 0 saturated carbocycles. The van der Waals surface area contributed by atoms with Crippen LogP contribution in [0.4, 0.5) is 5.69 Å². The Morgan fingerprint density at radius 1 is 1.15 bits per heavy atom. The van der Waals surface area contributed by atoms with Crippen molar-refractivity contribution in [2.75, 3.05) is 18.5 Å². The second-order valence-electron chi connectivity index (χ2n) is 5.48. The van der Waals surface area contributed by atoms with Gasteiger partial charge in [-0.15, -0.1) is 0 Å². The molecule has 2 nitrogen and oxygen atoms in total. The standard InChI is InChI=1S/C18H21N2/c1-19-12-4-3-7-17(19)10-8-15-9-11-18-16(14-15)6-5-13-20(18)2/h3-4,7-12,14H,5-6,13H2,1-2H3/q+1. The highest BCUT2D eigenvalue weighted by Gasteiger charge is 2.13. The first-order valence-electron chi connectivity index (χ1n) is 7.21. The lowest BCUT2D eigenvalue weighted by Gasteiger charge is -2.27. The van der Waals surface area contributed by atoms with Crippen LogP contribution in [-0.4, -0.2) is 13.6 Å². The minimum Gasteiger partial charge on any atom is -0.374 e. The molecular formula is C18H21N2+. The molecule has 0 bridgehead atoms. The number of benzene rings is 1. The SMILES string of the molecule is CN1CCCc2cc(/C=C/c3cccc[n+]3C)ccc21. The first-order chi connectivity index (χ1) is 9.74. The normalized spacial score (nSPS) is 14.6. The van der Waals surface area contributed by atoms with Crippen LogP contribution in [0.15, 0.2) is 42.6 Å². The van der Waals surface area contributed by atoms with Gasteiger partial charge in [0.2, 0.25) is 5.69 Å². The van der Waals surface area contributed by atoms with E-state index in [-0.39, 0.29) is 0 Å². The molecule has 0 amide bonds. The molecule has 102 valence electrons. The molecule has 2 heteroatoms. The maximum atomic E-state index is 2.35. The summed E-state index contributed by atoms with van der Waals surface area (Å²) in [5.41, 5.74) is 5.35. The summed E-state index contributed by atoms with van der Waals surface area (Å²) >= 11 is 0. The van der Waals surface area contributed by atoms with Crippen molar-refractivity contribution in [2.45, 2.75) is 12.8 Å². The van der Waals surface area contributed by atoms with E-state index in [9.17, 15) is 0 Å². The summed E-state index contributed by atoms with van der Waals surface area (Å²) in [4.78, 5) is 2.35. The van der Waals surface area contributed by atoms with E-state index in [1.807, 2.05) is 6.07 Å². The smallest absolute Gasteiger partial charge is 0.204 e. The van der Waals surface area contributed by atoms with Crippen molar-refractivity contribution in [3.63, 3.8) is 0 Å². The Morgan fingerprint density at radius 3 is 2.90 bits per heavy atom. The van der Waals surface area contributed by atoms with Crippen molar-refractivity contribution in [1.29, 1.82) is 0 Å². The van der Waals surface area contributed by atoms with Crippen LogP contribution in [0.3, 0.4) is 0 Å². The lowest BCUT2D eigenvalue weighted by molar-refractivity contribution is -0.673. The monoisotopic (exact) mass is 265 g/mol. The third-order valence-corrected chi connectivity index (χ3v) is 4.00. The van der Waals surface area contributed by atoms with Gasteiger partial charge in [0.15, 0.2) is 6.20 Å². The molecule has 0 atom stereocenters. The predicted molar refractivity (Wildman–Crippen MR) is 84.6 cm³/mol. The zero-order valence-electron chi connectivity index (χ0n) is 12.2. The van der Waals surface area contributed by atoms with E-state index in [4.69, 9.17) is 0 Å². The average Bonchev–Trinajstić information content (AvgIpc) is 2.46. The van der Waals surface area contributed by atoms with E-state index < -0.39 is 0 Å². The van der Waals surface area contributed by atoms with Gasteiger partial charge in [0.25, 0.3) is 0 Å². The van der Waals surface area contributed by atoms with Crippen LogP contribution >= 0.6 is 0 Å². The van der Waals surface area contributed by atoms with Crippen LogP contribution in [0.5, 0.6) is 0 Å². The second-order valence-corrected chi connectivity index (χ2v) is 5.48. The van der Waals surface area contributed by atoms with Crippen molar-refractivity contribution in [1.82, 2.24) is 0 Å². The molecule has 1 aliphatic rings. The van der Waals surface area contributed by atoms with E-state index in [2.05, 4.69) is 72.2 Å². The number of hydrogen-bond donors (Lipinski definition) is 0. The van der Waals surface area contributed by atoms with Crippen LogP contribution in [0.1, 0.15) is 23.2 Å². The van der Waals surface area contributed by atoms with E-state index >= 15 is 0 Å². The van der Waals surface area contributed by atoms with Crippen molar-refractivity contribution in [2.24, 2.45) is 7.05 Å². The Morgan fingerprint density at radius 2 is 2.05 bits per heavy atom. The molecule has 3 rings (SSSR count). The number of aromatic nitrogens is 1. The fourth-order valence-electron chi connectivity index (χ4n) is 2.80. The van der Waals surface area contributed by atoms with Crippen LogP contribution in [0.25, 0.3) is 12.2 Å². The summed E-state index contributed by atoms with van der Waals surface area (Å²) in [6.45, 7) is 1.17. The summed E-state index contributed by atoms with van der Waals surface area (Å²) in [6, 6.07) is 13.0. The van der Waals surface area contributed by atoms with Gasteiger partial charge in [0.05, 0.1) is 0 Å². The highest BCUT2D eigenvalue weighted by Crippen LogP contribution is 2.27. The van der Waals surface area contributed by atoms with Gasteiger partial charge >= 0.3 is 0 Å². The molecular weight excluding hydrogens is 244 g/mol. The largest absolute Gasteiger partial charge is 0.374 e. The third kappa shape index (κ3) is 2.60. The summed E-state index contributed by atoms with van der Waals surface area (Å²) in [7, 11) is 4.25. The molecule has 1 aromatic carbocycles. The lowest BCUT2D eigenvalue weighted by atomic mass is 9.99. The Labute approximate surface area is 121 Å². The van der Waals surface area contributed by atoms with Gasteiger partial charge in [-0.2, -0.15) is 0 Å². The molecule has 0 unspecified atom stereocenters. The minimum absolute atomic E-state index is 1.17. The van der Waals surface area contributed by atoms with Gasteiger partial charge in [0, 0.05) is 37.5 Å². The van der Waals surface area contributed by atoms with E-state index in [0.717, 1.165) is 0 Å². The van der Waals surface area contributed by atoms with Gasteiger partial charge in [-0.1, -0.05) is 6.07 Å². The zero-order valence-corrected chi connectivity index (χ0v) is 12.2. The molecule has 1 aliphatic heterocycles. The van der Waals surface area contributed by atoms with Gasteiger partial charge in [-0.05, 0) is 48.2 Å². The van der Waals surface area contributed by atoms with Crippen molar-refractivity contribution >= 4 is 17.8 Å². The van der Waals surface area contributed by atoms with Crippen LogP contribution in [0.2, 0.25) is 0 Å². The summed E-state index contributed by atoms with van der Waals surface area (Å²) in [5, 5.41) is 0. The first kappa shape index (κ1) is 12.9. The van der Waals surface area contributed by atoms with E-state index in [0.29, 0.717) is 0 Å². The maximum Gasteiger partial charge on any atom is 0.204 e. The topological polar surface area (TPSA) is 7.12 Å². The highest BCUT2D eigenvalue weighted by molar-refractivity contribution is 5.70. The number of fused-ring (bicyclic) bond motifs is 1. The maximum absolute atomic E-state index is 2.35. The van der Waals surface area contributed by atoms with Gasteiger partial charge in [-0.3, -0.25) is 0 Å². The number of pyridine rings is 1. The van der Waals surface area contributed by atoms with E-state index in [1.165, 1.54) is 41.9 Å². The van der Waals surface area contributed by atoms with Crippen LogP contribution in [0, 0.1) is 0 Å². The van der Waals surface area contributed by atoms with Gasteiger partial charge in [0.1, 0.15) is 7.05 Å². The Hall–Kier alpha value is -2.09. The van der Waals surface area contributed by atoms with Gasteiger partial charge in [-0.25, -0.2) is 4.57 Å². The van der Waals surface area contributed by atoms with Crippen molar-refractivity contribution in [3.05, 3.63) is 59.4 Å². The predicted octanol–water partition coefficient (Wildman–Crippen LogP) is 3.06. The summed E-state index contributed by atoms with van der Waals surface area (Å²) < 4.78 is 2.13. The number of aryl methyl sites for hydroxylation is 2. The molecule has 0 N–H and O–H groups in total. The second kappa shape index (κ2) is 5.49. The fraction of sp³-hybridized carbons (Fsp3) is 0.278. The number of anilines is 1. The number of nitrogens with zero attached hydrogens (tertiary/aromatic N) is 2. The molecule has 2 heterocycles. The molecule has 2 aromatic rings. The summed E-state index contributed by atoms with van der Waals surface area (Å²) in [5.74, 6) is 0. The molecule has 0 radical (unpaired) electrons. The minimum atomic E-state index is 1.17. The van der Waals surface area contributed by atoms with Gasteiger partial charge < -0.3 is 4.90 Å². The Balaban J connectivity index is 1.87. The first-order valence-corrected chi connectivity index (χ1v) is 7.21. The average molecular weight is 265 g/mol. The quantitative estimate of drug-likeness (QED) is 0.757. The molecule has 0 saturated heterocycles. The lowest BCUT2D eigenvalue weighted by Crippen LogP contribution is -2.30. The molecule has 0 aliphatic carbocycles. The van der Waals surface area contributed by atoms with Crippen LogP contribution in [-0.2, 0) is 13.5 Å². The number of rotatable bonds is 2. The highest BCUT2D eigenvalue weighted by atomic mass is 15.1. The van der Waals surface area contributed by atoms with Crippen LogP contribution < -0.4 is 9.47 Å². The zero-order chi connectivity index (χ0) is 13.9. The third-order valence-electron chi connectivity index (χ3n) is 4.00. The van der Waals surface area contributed by atoms with Crippen molar-refractivity contribution < 1.29 is 4.57 Å². The Kier molecular flexibility index (Phi) is 3.55. The van der Waals surface area contributed by atoms with Crippen molar-refractivity contribution in [3.8, 4) is 0 Å². The number of hydrogen-bond acceptors (Lipinski definition) is 1. The molecule has 0 spiro atoms. The fourth-order valence-corrected chi connectivity index (χ4v) is 2.80.